The van der Waals surface area contributed by atoms with Crippen LogP contribution in [0.2, 0.25) is 0 Å². The Morgan fingerprint density at radius 3 is 2.47 bits per heavy atom. The summed E-state index contributed by atoms with van der Waals surface area (Å²) >= 11 is 0. The summed E-state index contributed by atoms with van der Waals surface area (Å²) in [7, 11) is 0. The van der Waals surface area contributed by atoms with Gasteiger partial charge in [0, 0.05) is 13.1 Å². The fourth-order valence-corrected chi connectivity index (χ4v) is 2.12. The molecular weight excluding hydrogens is 250 g/mol. The molecule has 1 aromatic carbocycles. The fraction of sp³-hybridized carbons (Fsp3) is 0.538. The highest BCUT2D eigenvalue weighted by Crippen LogP contribution is 2.28. The number of rotatable bonds is 5. The lowest BCUT2D eigenvalue weighted by molar-refractivity contribution is -0.245. The summed E-state index contributed by atoms with van der Waals surface area (Å²) in [6, 6.07) is 9.68. The maximum atomic E-state index is 9.74. The van der Waals surface area contributed by atoms with Gasteiger partial charge in [0.05, 0.1) is 6.61 Å². The predicted octanol–water partition coefficient (Wildman–Crippen LogP) is -1.42. The number of hydrogen-bond donors (Lipinski definition) is 5. The van der Waals surface area contributed by atoms with Crippen LogP contribution in [0.25, 0.3) is 0 Å². The highest BCUT2D eigenvalue weighted by atomic mass is 16.7. The molecule has 1 aliphatic heterocycles. The first-order valence-electron chi connectivity index (χ1n) is 6.18. The second-order valence-corrected chi connectivity index (χ2v) is 4.71. The zero-order valence-corrected chi connectivity index (χ0v) is 10.4. The van der Waals surface area contributed by atoms with Crippen molar-refractivity contribution in [3.63, 3.8) is 0 Å². The molecule has 0 amide bonds. The quantitative estimate of drug-likeness (QED) is 0.449. The van der Waals surface area contributed by atoms with Crippen LogP contribution < -0.4 is 5.32 Å². The Hall–Kier alpha value is -1.02. The first-order valence-corrected chi connectivity index (χ1v) is 6.18. The van der Waals surface area contributed by atoms with Gasteiger partial charge < -0.3 is 30.5 Å². The maximum absolute atomic E-state index is 9.74. The minimum atomic E-state index is -2.08. The number of aliphatic hydroxyl groups excluding tert-OH is 3. The van der Waals surface area contributed by atoms with E-state index >= 15 is 0 Å². The number of hydrogen-bond acceptors (Lipinski definition) is 6. The van der Waals surface area contributed by atoms with Crippen molar-refractivity contribution in [3.05, 3.63) is 35.9 Å². The molecule has 1 saturated heterocycles. The summed E-state index contributed by atoms with van der Waals surface area (Å²) in [4.78, 5) is 0. The topological polar surface area (TPSA) is 102 Å². The minimum absolute atomic E-state index is 0.259. The Morgan fingerprint density at radius 2 is 1.89 bits per heavy atom. The van der Waals surface area contributed by atoms with Gasteiger partial charge in [-0.1, -0.05) is 30.3 Å². The Balaban J connectivity index is 1.84. The standard InChI is InChI=1S/C13H19NO5/c15-8-13(18)12(17)11(16)10(19-13)7-14-6-9-4-2-1-3-5-9/h1-5,10-12,14-18H,6-8H2/t10-,11+,12-,13+/m0/s1. The molecule has 0 unspecified atom stereocenters. The molecule has 5 N–H and O–H groups in total. The van der Waals surface area contributed by atoms with Gasteiger partial charge >= 0.3 is 0 Å². The van der Waals surface area contributed by atoms with Crippen molar-refractivity contribution in [3.8, 4) is 0 Å². The third-order valence-electron chi connectivity index (χ3n) is 3.27. The van der Waals surface area contributed by atoms with E-state index < -0.39 is 30.7 Å². The smallest absolute Gasteiger partial charge is 0.219 e. The van der Waals surface area contributed by atoms with E-state index in [1.807, 2.05) is 30.3 Å². The SMILES string of the molecule is OC[C@@]1(O)O[C@@H](CNCc2ccccc2)[C@@H](O)[C@@H]1O. The molecule has 0 aliphatic carbocycles. The molecule has 106 valence electrons. The summed E-state index contributed by atoms with van der Waals surface area (Å²) in [5, 5.41) is 41.1. The first-order chi connectivity index (χ1) is 9.07. The number of ether oxygens (including phenoxy) is 1. The molecular formula is C13H19NO5. The van der Waals surface area contributed by atoms with E-state index in [-0.39, 0.29) is 6.54 Å². The highest BCUT2D eigenvalue weighted by molar-refractivity contribution is 5.14. The van der Waals surface area contributed by atoms with Gasteiger partial charge in [0.1, 0.15) is 18.3 Å². The highest BCUT2D eigenvalue weighted by Gasteiger charge is 2.52. The molecule has 1 heterocycles. The Labute approximate surface area is 111 Å². The summed E-state index contributed by atoms with van der Waals surface area (Å²) in [5.41, 5.74) is 1.08. The Morgan fingerprint density at radius 1 is 1.21 bits per heavy atom. The van der Waals surface area contributed by atoms with Crippen molar-refractivity contribution in [1.29, 1.82) is 0 Å². The van der Waals surface area contributed by atoms with E-state index in [1.54, 1.807) is 0 Å². The third kappa shape index (κ3) is 3.11. The van der Waals surface area contributed by atoms with Crippen LogP contribution in [0.1, 0.15) is 5.56 Å². The van der Waals surface area contributed by atoms with Crippen molar-refractivity contribution in [1.82, 2.24) is 5.32 Å². The second-order valence-electron chi connectivity index (χ2n) is 4.71. The maximum Gasteiger partial charge on any atom is 0.219 e. The van der Waals surface area contributed by atoms with E-state index in [0.717, 1.165) is 5.56 Å². The van der Waals surface area contributed by atoms with Gasteiger partial charge in [0.15, 0.2) is 0 Å². The van der Waals surface area contributed by atoms with E-state index in [0.29, 0.717) is 6.54 Å². The molecule has 1 aromatic rings. The molecule has 6 heteroatoms. The molecule has 1 aliphatic rings. The molecule has 19 heavy (non-hydrogen) atoms. The van der Waals surface area contributed by atoms with Crippen molar-refractivity contribution in [2.75, 3.05) is 13.2 Å². The van der Waals surface area contributed by atoms with Crippen LogP contribution in [0.5, 0.6) is 0 Å². The fourth-order valence-electron chi connectivity index (χ4n) is 2.12. The number of nitrogens with one attached hydrogen (secondary N) is 1. The molecule has 0 saturated carbocycles. The molecule has 0 aromatic heterocycles. The van der Waals surface area contributed by atoms with Crippen molar-refractivity contribution >= 4 is 0 Å². The van der Waals surface area contributed by atoms with Gasteiger partial charge in [0.25, 0.3) is 0 Å². The van der Waals surface area contributed by atoms with E-state index in [9.17, 15) is 15.3 Å². The first kappa shape index (κ1) is 14.4. The Bertz CT molecular complexity index is 401. The summed E-state index contributed by atoms with van der Waals surface area (Å²) in [6.45, 7) is 0.0803. The normalized spacial score (nSPS) is 34.6. The van der Waals surface area contributed by atoms with Gasteiger partial charge in [-0.25, -0.2) is 0 Å². The van der Waals surface area contributed by atoms with Crippen molar-refractivity contribution in [2.24, 2.45) is 0 Å². The third-order valence-corrected chi connectivity index (χ3v) is 3.27. The van der Waals surface area contributed by atoms with Crippen LogP contribution in [0.15, 0.2) is 30.3 Å². The van der Waals surface area contributed by atoms with Gasteiger partial charge in [-0.15, -0.1) is 0 Å². The monoisotopic (exact) mass is 269 g/mol. The van der Waals surface area contributed by atoms with Gasteiger partial charge in [-0.2, -0.15) is 0 Å². The number of benzene rings is 1. The summed E-state index contributed by atoms with van der Waals surface area (Å²) in [6.07, 6.45) is -3.52. The van der Waals surface area contributed by atoms with Crippen LogP contribution >= 0.6 is 0 Å². The molecule has 1 fully saturated rings. The summed E-state index contributed by atoms with van der Waals surface area (Å²) < 4.78 is 5.10. The van der Waals surface area contributed by atoms with E-state index in [1.165, 1.54) is 0 Å². The van der Waals surface area contributed by atoms with Crippen LogP contribution in [-0.2, 0) is 11.3 Å². The van der Waals surface area contributed by atoms with Crippen molar-refractivity contribution in [2.45, 2.75) is 30.6 Å². The molecule has 4 atom stereocenters. The number of aliphatic hydroxyl groups is 4. The van der Waals surface area contributed by atoms with Crippen LogP contribution in [-0.4, -0.2) is 57.7 Å². The van der Waals surface area contributed by atoms with E-state index in [4.69, 9.17) is 9.84 Å². The molecule has 6 nitrogen and oxygen atoms in total. The van der Waals surface area contributed by atoms with Crippen LogP contribution in [0.3, 0.4) is 0 Å². The Kier molecular flexibility index (Phi) is 4.51. The van der Waals surface area contributed by atoms with Gasteiger partial charge in [-0.05, 0) is 5.56 Å². The van der Waals surface area contributed by atoms with Crippen LogP contribution in [0, 0.1) is 0 Å². The van der Waals surface area contributed by atoms with Gasteiger partial charge in [-0.3, -0.25) is 0 Å². The lowest BCUT2D eigenvalue weighted by Gasteiger charge is -2.22. The minimum Gasteiger partial charge on any atom is -0.391 e. The lowest BCUT2D eigenvalue weighted by atomic mass is 10.1. The van der Waals surface area contributed by atoms with E-state index in [2.05, 4.69) is 5.32 Å². The second kappa shape index (κ2) is 5.96. The molecule has 0 radical (unpaired) electrons. The summed E-state index contributed by atoms with van der Waals surface area (Å²) in [5.74, 6) is -2.08. The molecule has 0 spiro atoms. The van der Waals surface area contributed by atoms with Crippen molar-refractivity contribution < 1.29 is 25.2 Å². The lowest BCUT2D eigenvalue weighted by Crippen LogP contribution is -2.46. The zero-order chi connectivity index (χ0) is 13.9. The molecule has 0 bridgehead atoms. The zero-order valence-electron chi connectivity index (χ0n) is 10.4. The molecule has 2 rings (SSSR count). The average Bonchev–Trinajstić information content (AvgIpc) is 2.65. The van der Waals surface area contributed by atoms with Gasteiger partial charge in [0.2, 0.25) is 5.79 Å². The largest absolute Gasteiger partial charge is 0.391 e. The predicted molar refractivity (Wildman–Crippen MR) is 67.1 cm³/mol. The van der Waals surface area contributed by atoms with Crippen LogP contribution in [0.4, 0.5) is 0 Å². The average molecular weight is 269 g/mol.